The van der Waals surface area contributed by atoms with Gasteiger partial charge in [0.15, 0.2) is 0 Å². The van der Waals surface area contributed by atoms with E-state index in [1.54, 1.807) is 0 Å². The van der Waals surface area contributed by atoms with E-state index < -0.39 is 0 Å². The minimum Gasteiger partial charge on any atom is -0.310 e. The first-order chi connectivity index (χ1) is 48.7. The summed E-state index contributed by atoms with van der Waals surface area (Å²) >= 11 is 0. The molecule has 0 radical (unpaired) electrons. The summed E-state index contributed by atoms with van der Waals surface area (Å²) < 4.78 is 5.47. The van der Waals surface area contributed by atoms with Crippen molar-refractivity contribution in [2.75, 3.05) is 0 Å². The fourth-order valence-corrected chi connectivity index (χ4v) is 18.4. The van der Waals surface area contributed by atoms with Crippen molar-refractivity contribution < 1.29 is 0 Å². The summed E-state index contributed by atoms with van der Waals surface area (Å²) in [6.45, 7) is 9.47. The number of benzene rings is 17. The first-order valence-corrected chi connectivity index (χ1v) is 35.0. The van der Waals surface area contributed by atoms with Gasteiger partial charge in [0, 0.05) is 60.0 Å². The summed E-state index contributed by atoms with van der Waals surface area (Å²) in [7, 11) is 0. The van der Waals surface area contributed by atoms with Gasteiger partial charge in [0.2, 0.25) is 0 Å². The normalized spacial score (nSPS) is 12.8. The molecule has 0 saturated heterocycles. The van der Waals surface area contributed by atoms with Crippen LogP contribution in [-0.2, 0) is 10.8 Å². The van der Waals surface area contributed by atoms with Crippen molar-refractivity contribution in [1.82, 2.24) is 9.13 Å². The van der Waals surface area contributed by atoms with E-state index in [2.05, 4.69) is 358 Å². The summed E-state index contributed by atoms with van der Waals surface area (Å²) in [5.74, 6) is 0. The molecule has 3 heteroatoms. The Morgan fingerprint density at radius 2 is 0.636 bits per heavy atom. The minimum absolute atomic E-state index is 0.193. The zero-order valence-electron chi connectivity index (χ0n) is 55.6. The summed E-state index contributed by atoms with van der Waals surface area (Å²) in [5, 5.41) is 20.4. The molecule has 0 N–H and O–H groups in total. The van der Waals surface area contributed by atoms with Crippen molar-refractivity contribution in [1.29, 1.82) is 0 Å². The molecule has 2 aliphatic rings. The highest BCUT2D eigenvalue weighted by molar-refractivity contribution is 7.00. The number of hydrogen-bond donors (Lipinski definition) is 0. The summed E-state index contributed by atoms with van der Waals surface area (Å²) in [4.78, 5) is 0. The molecule has 462 valence electrons. The van der Waals surface area contributed by atoms with E-state index >= 15 is 0 Å². The largest absolute Gasteiger partial charge is 0.310 e. The van der Waals surface area contributed by atoms with Gasteiger partial charge in [-0.3, -0.25) is 0 Å². The zero-order valence-corrected chi connectivity index (χ0v) is 55.6. The summed E-state index contributed by atoms with van der Waals surface area (Å²) in [5.41, 5.74) is 25.3. The Hall–Kier alpha value is -12.0. The molecule has 99 heavy (non-hydrogen) atoms. The predicted octanol–water partition coefficient (Wildman–Crippen LogP) is 23.3. The highest BCUT2D eigenvalue weighted by Crippen LogP contribution is 2.53. The number of nitrogens with zero attached hydrogens (tertiary/aromatic N) is 2. The first kappa shape index (κ1) is 56.2. The highest BCUT2D eigenvalue weighted by atomic mass is 15.0. The van der Waals surface area contributed by atoms with Crippen LogP contribution in [0.25, 0.3) is 164 Å². The Labute approximate surface area is 575 Å². The molecular weight excluding hydrogens is 1190 g/mol. The third kappa shape index (κ3) is 7.79. The highest BCUT2D eigenvalue weighted by Gasteiger charge is 2.44. The molecular formula is C96H65BN2. The smallest absolute Gasteiger partial charge is 0.252 e. The molecule has 0 saturated carbocycles. The fraction of sp³-hybridized carbons (Fsp3) is 0.0625. The molecule has 2 aliphatic heterocycles. The molecule has 0 spiro atoms. The molecule has 17 aromatic carbocycles. The van der Waals surface area contributed by atoms with E-state index in [0.29, 0.717) is 0 Å². The lowest BCUT2D eigenvalue weighted by molar-refractivity contribution is 0.641. The van der Waals surface area contributed by atoms with Gasteiger partial charge in [0.05, 0.1) is 16.6 Å². The first-order valence-electron chi connectivity index (χ1n) is 35.0. The van der Waals surface area contributed by atoms with Crippen LogP contribution in [0, 0.1) is 0 Å². The van der Waals surface area contributed by atoms with Crippen molar-refractivity contribution in [2.24, 2.45) is 0 Å². The lowest BCUT2D eigenvalue weighted by Gasteiger charge is -2.36. The fourth-order valence-electron chi connectivity index (χ4n) is 18.4. The number of fused-ring (bicyclic) bond motifs is 24. The molecule has 0 atom stereocenters. The maximum atomic E-state index is 2.76. The molecule has 0 aliphatic carbocycles. The Morgan fingerprint density at radius 1 is 0.242 bits per heavy atom. The number of rotatable bonds is 8. The number of aromatic nitrogens is 2. The Bertz CT molecular complexity index is 6640. The van der Waals surface area contributed by atoms with Gasteiger partial charge in [0.25, 0.3) is 6.71 Å². The van der Waals surface area contributed by atoms with Crippen LogP contribution >= 0.6 is 0 Å². The van der Waals surface area contributed by atoms with Crippen LogP contribution in [0.2, 0.25) is 0 Å². The summed E-state index contributed by atoms with van der Waals surface area (Å²) in [6.07, 6.45) is 0. The van der Waals surface area contributed by atoms with Crippen LogP contribution in [0.5, 0.6) is 0 Å². The van der Waals surface area contributed by atoms with Gasteiger partial charge < -0.3 is 9.13 Å². The number of hydrogen-bond acceptors (Lipinski definition) is 0. The second kappa shape index (κ2) is 20.7. The van der Waals surface area contributed by atoms with Crippen LogP contribution in [0.3, 0.4) is 0 Å². The van der Waals surface area contributed by atoms with Crippen LogP contribution in [0.15, 0.2) is 322 Å². The predicted molar refractivity (Wildman–Crippen MR) is 424 cm³/mol. The van der Waals surface area contributed by atoms with E-state index in [1.165, 1.54) is 197 Å². The Morgan fingerprint density at radius 3 is 1.17 bits per heavy atom. The molecule has 19 aromatic rings. The van der Waals surface area contributed by atoms with E-state index in [1.807, 2.05) is 0 Å². The molecule has 0 amide bonds. The minimum atomic E-state index is -0.370. The maximum Gasteiger partial charge on any atom is 0.252 e. The van der Waals surface area contributed by atoms with Gasteiger partial charge in [-0.1, -0.05) is 313 Å². The summed E-state index contributed by atoms with van der Waals surface area (Å²) in [6, 6.07) is 123. The molecule has 2 nitrogen and oxygen atoms in total. The molecule has 2 aromatic heterocycles. The van der Waals surface area contributed by atoms with Crippen LogP contribution < -0.4 is 16.4 Å². The second-order valence-electron chi connectivity index (χ2n) is 28.9. The second-order valence-corrected chi connectivity index (χ2v) is 28.9. The monoisotopic (exact) mass is 1260 g/mol. The topological polar surface area (TPSA) is 9.86 Å². The van der Waals surface area contributed by atoms with Gasteiger partial charge in [-0.2, -0.15) is 0 Å². The SMILES string of the molecule is CC(C)(c1ccccc1)c1ccc2c(c1)c1cc(C(C)(C)c3ccccc3)cc3c1n2-c1cc(-c2ccc(-c4ccccc4)c(-c4ccccc4)c2-c2ccccc2)cc2c1B3c1cc3c4ccccc4c4ccccc4c3c3c4c5c6ccccc6c6ccccc6c5ccc4n-2c13. The maximum absolute atomic E-state index is 2.76. The lowest BCUT2D eigenvalue weighted by atomic mass is 9.34. The van der Waals surface area contributed by atoms with Gasteiger partial charge >= 0.3 is 0 Å². The van der Waals surface area contributed by atoms with E-state index in [9.17, 15) is 0 Å². The van der Waals surface area contributed by atoms with Crippen LogP contribution in [0.1, 0.15) is 49.9 Å². The van der Waals surface area contributed by atoms with Crippen molar-refractivity contribution in [2.45, 2.75) is 38.5 Å². The van der Waals surface area contributed by atoms with E-state index in [-0.39, 0.29) is 17.5 Å². The average molecular weight is 1260 g/mol. The van der Waals surface area contributed by atoms with Gasteiger partial charge in [-0.25, -0.2) is 0 Å². The van der Waals surface area contributed by atoms with Crippen molar-refractivity contribution in [3.05, 3.63) is 344 Å². The van der Waals surface area contributed by atoms with Crippen molar-refractivity contribution in [3.63, 3.8) is 0 Å². The third-order valence-electron chi connectivity index (χ3n) is 23.2. The van der Waals surface area contributed by atoms with Crippen LogP contribution in [-0.4, -0.2) is 15.8 Å². The van der Waals surface area contributed by atoms with Gasteiger partial charge in [0.1, 0.15) is 0 Å². The van der Waals surface area contributed by atoms with Crippen LogP contribution in [0.4, 0.5) is 0 Å². The van der Waals surface area contributed by atoms with E-state index in [4.69, 9.17) is 0 Å². The molecule has 21 rings (SSSR count). The van der Waals surface area contributed by atoms with E-state index in [0.717, 1.165) is 5.56 Å². The third-order valence-corrected chi connectivity index (χ3v) is 23.2. The zero-order chi connectivity index (χ0) is 65.6. The standard InChI is InChI=1S/C96H65BN2/c1-95(2,62-34-16-8-17-35-62)64-46-50-82-77(54-64)79-55-65(96(3,4)63-36-18-9-19-37-63)56-80-93(79)98(82)84-52-61(67-48-47-66(58-28-10-5-11-29-58)86(59-30-12-6-13-31-59)87(67)60-32-14-7-15-33-60)53-85-92(84)97(80)81-57-78-73-43-23-21-39-69(73)71-41-25-27-45-75(71)89(78)91-90-83(99(85)94(81)91)51-49-76-72-42-22-20-38-68(72)70-40-24-26-44-74(70)88(76)90/h5-57H,1-4H3. The van der Waals surface area contributed by atoms with Crippen molar-refractivity contribution in [3.8, 4) is 55.9 Å². The average Bonchev–Trinajstić information content (AvgIpc) is 1.53. The lowest BCUT2D eigenvalue weighted by Crippen LogP contribution is -2.59. The van der Waals surface area contributed by atoms with Gasteiger partial charge in [-0.05, 0) is 173 Å². The Kier molecular flexibility index (Phi) is 11.8. The molecule has 4 heterocycles. The Balaban J connectivity index is 1.00. The van der Waals surface area contributed by atoms with Crippen molar-refractivity contribution >= 4 is 131 Å². The molecule has 0 bridgehead atoms. The van der Waals surface area contributed by atoms with Gasteiger partial charge in [-0.15, -0.1) is 0 Å². The quantitative estimate of drug-likeness (QED) is 0.106. The molecule has 0 unspecified atom stereocenters. The molecule has 0 fully saturated rings.